The number of aliphatic imine (C=N–C) groups is 1. The third-order valence-electron chi connectivity index (χ3n) is 5.26. The molecule has 2 bridgehead atoms. The maximum Gasteiger partial charge on any atom is 0.342 e. The van der Waals surface area contributed by atoms with E-state index in [1.54, 1.807) is 6.26 Å². The standard InChI is InChI=1S/C19H15NO3/c21-18-19(20-17(23-18)12-5-2-1-3-6-12)14-9-8-13(11-14)16(19)15-7-4-10-22-15/h1-10,13-14,16H,11H2/t13-,14+,16-,19-/m0/s1. The Balaban J connectivity index is 1.66. The number of carbonyl (C=O) groups excluding carboxylic acids is 1. The van der Waals surface area contributed by atoms with Gasteiger partial charge in [-0.15, -0.1) is 0 Å². The summed E-state index contributed by atoms with van der Waals surface area (Å²) in [6, 6.07) is 13.4. The van der Waals surface area contributed by atoms with Crippen molar-refractivity contribution in [2.24, 2.45) is 16.8 Å². The van der Waals surface area contributed by atoms with Crippen molar-refractivity contribution in [3.05, 3.63) is 72.2 Å². The fourth-order valence-corrected chi connectivity index (χ4v) is 4.29. The van der Waals surface area contributed by atoms with Gasteiger partial charge in [0.15, 0.2) is 5.54 Å². The van der Waals surface area contributed by atoms with Gasteiger partial charge in [0.1, 0.15) is 5.76 Å². The lowest BCUT2D eigenvalue weighted by atomic mass is 9.75. The van der Waals surface area contributed by atoms with Crippen LogP contribution in [0.25, 0.3) is 0 Å². The average Bonchev–Trinajstić information content (AvgIpc) is 3.34. The predicted octanol–water partition coefficient (Wildman–Crippen LogP) is 3.31. The van der Waals surface area contributed by atoms with Crippen molar-refractivity contribution in [2.75, 3.05) is 0 Å². The van der Waals surface area contributed by atoms with E-state index in [0.29, 0.717) is 5.90 Å². The van der Waals surface area contributed by atoms with Crippen LogP contribution in [0.3, 0.4) is 0 Å². The van der Waals surface area contributed by atoms with Gasteiger partial charge in [0, 0.05) is 11.5 Å². The van der Waals surface area contributed by atoms with Gasteiger partial charge in [-0.3, -0.25) is 0 Å². The van der Waals surface area contributed by atoms with Gasteiger partial charge in [0.25, 0.3) is 0 Å². The Morgan fingerprint density at radius 3 is 2.74 bits per heavy atom. The molecule has 1 spiro atoms. The van der Waals surface area contributed by atoms with Crippen molar-refractivity contribution in [3.8, 4) is 0 Å². The number of carbonyl (C=O) groups is 1. The predicted molar refractivity (Wildman–Crippen MR) is 84.0 cm³/mol. The molecule has 4 heteroatoms. The van der Waals surface area contributed by atoms with E-state index in [2.05, 4.69) is 12.2 Å². The quantitative estimate of drug-likeness (QED) is 0.632. The van der Waals surface area contributed by atoms with Gasteiger partial charge in [-0.25, -0.2) is 9.79 Å². The zero-order valence-corrected chi connectivity index (χ0v) is 12.4. The van der Waals surface area contributed by atoms with Crippen LogP contribution in [0.15, 0.2) is 70.3 Å². The van der Waals surface area contributed by atoms with Gasteiger partial charge >= 0.3 is 5.97 Å². The summed E-state index contributed by atoms with van der Waals surface area (Å²) in [5.74, 6) is 1.26. The molecule has 1 fully saturated rings. The molecule has 2 aliphatic carbocycles. The van der Waals surface area contributed by atoms with E-state index >= 15 is 0 Å². The second kappa shape index (κ2) is 4.44. The van der Waals surface area contributed by atoms with E-state index in [0.717, 1.165) is 17.7 Å². The number of allylic oxidation sites excluding steroid dienone is 1. The van der Waals surface area contributed by atoms with Gasteiger partial charge < -0.3 is 9.15 Å². The van der Waals surface area contributed by atoms with Crippen LogP contribution >= 0.6 is 0 Å². The van der Waals surface area contributed by atoms with Crippen LogP contribution in [-0.4, -0.2) is 17.4 Å². The molecule has 1 saturated carbocycles. The van der Waals surface area contributed by atoms with Crippen LogP contribution < -0.4 is 0 Å². The minimum absolute atomic E-state index is 0.0799. The lowest BCUT2D eigenvalue weighted by molar-refractivity contribution is -0.140. The molecular weight excluding hydrogens is 290 g/mol. The summed E-state index contributed by atoms with van der Waals surface area (Å²) in [6.07, 6.45) is 6.88. The number of ether oxygens (including phenoxy) is 1. The van der Waals surface area contributed by atoms with Crippen LogP contribution in [0, 0.1) is 11.8 Å². The van der Waals surface area contributed by atoms with Crippen LogP contribution in [-0.2, 0) is 9.53 Å². The highest BCUT2D eigenvalue weighted by atomic mass is 16.6. The normalized spacial score (nSPS) is 34.2. The smallest absolute Gasteiger partial charge is 0.342 e. The van der Waals surface area contributed by atoms with Crippen molar-refractivity contribution in [1.29, 1.82) is 0 Å². The first kappa shape index (κ1) is 12.9. The molecule has 3 aliphatic rings. The van der Waals surface area contributed by atoms with E-state index in [4.69, 9.17) is 14.1 Å². The molecule has 2 heterocycles. The zero-order valence-electron chi connectivity index (χ0n) is 12.4. The molecule has 0 saturated heterocycles. The minimum atomic E-state index is -0.873. The Hall–Kier alpha value is -2.62. The Morgan fingerprint density at radius 1 is 1.09 bits per heavy atom. The lowest BCUT2D eigenvalue weighted by Gasteiger charge is -2.30. The van der Waals surface area contributed by atoms with E-state index < -0.39 is 5.54 Å². The summed E-state index contributed by atoms with van der Waals surface area (Å²) in [4.78, 5) is 17.7. The maximum atomic E-state index is 12.9. The number of hydrogen-bond donors (Lipinski definition) is 0. The van der Waals surface area contributed by atoms with E-state index in [1.165, 1.54) is 0 Å². The highest BCUT2D eigenvalue weighted by molar-refractivity contribution is 6.09. The van der Waals surface area contributed by atoms with Crippen molar-refractivity contribution in [2.45, 2.75) is 17.9 Å². The summed E-state index contributed by atoms with van der Waals surface area (Å²) >= 11 is 0. The molecule has 1 aliphatic heterocycles. The summed E-state index contributed by atoms with van der Waals surface area (Å²) in [5.41, 5.74) is -0.0368. The number of benzene rings is 1. The summed E-state index contributed by atoms with van der Waals surface area (Å²) in [5, 5.41) is 0. The fourth-order valence-electron chi connectivity index (χ4n) is 4.29. The molecule has 1 aromatic carbocycles. The molecule has 1 aromatic heterocycles. The van der Waals surface area contributed by atoms with Crippen molar-refractivity contribution >= 4 is 11.9 Å². The van der Waals surface area contributed by atoms with Crippen molar-refractivity contribution in [3.63, 3.8) is 0 Å². The molecule has 114 valence electrons. The van der Waals surface area contributed by atoms with Crippen LogP contribution in [0.5, 0.6) is 0 Å². The third-order valence-corrected chi connectivity index (χ3v) is 5.26. The Kier molecular flexibility index (Phi) is 2.49. The zero-order chi connectivity index (χ0) is 15.4. The van der Waals surface area contributed by atoms with E-state index in [-0.39, 0.29) is 23.7 Å². The van der Waals surface area contributed by atoms with E-state index in [9.17, 15) is 4.79 Å². The molecule has 0 unspecified atom stereocenters. The molecule has 4 nitrogen and oxygen atoms in total. The Morgan fingerprint density at radius 2 is 1.96 bits per heavy atom. The summed E-state index contributed by atoms with van der Waals surface area (Å²) in [7, 11) is 0. The van der Waals surface area contributed by atoms with Crippen LogP contribution in [0.2, 0.25) is 0 Å². The number of furan rings is 1. The van der Waals surface area contributed by atoms with Gasteiger partial charge in [0.2, 0.25) is 5.90 Å². The molecule has 2 aromatic rings. The SMILES string of the molecule is O=C1OC(c2ccccc2)=N[C@]12[C@@H]1C=C[C@@H](C1)[C@H]2c1ccco1. The van der Waals surface area contributed by atoms with Gasteiger partial charge in [-0.05, 0) is 36.6 Å². The lowest BCUT2D eigenvalue weighted by Crippen LogP contribution is -2.43. The molecule has 0 N–H and O–H groups in total. The third kappa shape index (κ3) is 1.61. The minimum Gasteiger partial charge on any atom is -0.469 e. The number of rotatable bonds is 2. The first-order valence-electron chi connectivity index (χ1n) is 7.88. The van der Waals surface area contributed by atoms with Crippen molar-refractivity contribution in [1.82, 2.24) is 0 Å². The number of hydrogen-bond acceptors (Lipinski definition) is 4. The first-order chi connectivity index (χ1) is 11.3. The van der Waals surface area contributed by atoms with Crippen LogP contribution in [0.1, 0.15) is 23.7 Å². The second-order valence-electron chi connectivity index (χ2n) is 6.38. The second-order valence-corrected chi connectivity index (χ2v) is 6.38. The molecule has 23 heavy (non-hydrogen) atoms. The number of cyclic esters (lactones) is 1. The molecular formula is C19H15NO3. The van der Waals surface area contributed by atoms with E-state index in [1.807, 2.05) is 42.5 Å². The van der Waals surface area contributed by atoms with Gasteiger partial charge in [-0.1, -0.05) is 30.4 Å². The highest BCUT2D eigenvalue weighted by Gasteiger charge is 2.66. The van der Waals surface area contributed by atoms with Gasteiger partial charge in [0.05, 0.1) is 12.2 Å². The topological polar surface area (TPSA) is 51.8 Å². The monoisotopic (exact) mass is 305 g/mol. The first-order valence-corrected chi connectivity index (χ1v) is 7.88. The molecule has 0 amide bonds. The average molecular weight is 305 g/mol. The van der Waals surface area contributed by atoms with Gasteiger partial charge in [-0.2, -0.15) is 0 Å². The molecule has 5 rings (SSSR count). The fraction of sp³-hybridized carbons (Fsp3) is 0.263. The maximum absolute atomic E-state index is 12.9. The summed E-state index contributed by atoms with van der Waals surface area (Å²) < 4.78 is 11.2. The van der Waals surface area contributed by atoms with Crippen LogP contribution in [0.4, 0.5) is 0 Å². The number of nitrogens with zero attached hydrogens (tertiary/aromatic N) is 1. The largest absolute Gasteiger partial charge is 0.469 e. The number of fused-ring (bicyclic) bond motifs is 3. The molecule has 4 atom stereocenters. The Bertz CT molecular complexity index is 822. The van der Waals surface area contributed by atoms with Crippen molar-refractivity contribution < 1.29 is 13.9 Å². The number of esters is 1. The Labute approximate surface area is 133 Å². The highest BCUT2D eigenvalue weighted by Crippen LogP contribution is 2.59. The molecule has 0 radical (unpaired) electrons. The summed E-state index contributed by atoms with van der Waals surface area (Å²) in [6.45, 7) is 0.